The lowest BCUT2D eigenvalue weighted by atomic mass is 10.0. The van der Waals surface area contributed by atoms with Gasteiger partial charge in [0.15, 0.2) is 5.69 Å². The number of hydrogen-bond donors (Lipinski definition) is 0. The van der Waals surface area contributed by atoms with Crippen molar-refractivity contribution in [2.45, 2.75) is 0 Å². The zero-order chi connectivity index (χ0) is 36.6. The van der Waals surface area contributed by atoms with Crippen molar-refractivity contribution < 1.29 is 0 Å². The van der Waals surface area contributed by atoms with Crippen LogP contribution in [0.4, 0.5) is 11.4 Å². The molecular formula is C50H29N5. The highest BCUT2D eigenvalue weighted by atomic mass is 15.0. The van der Waals surface area contributed by atoms with Gasteiger partial charge < -0.3 is 13.7 Å². The molecule has 0 spiro atoms. The van der Waals surface area contributed by atoms with Crippen molar-refractivity contribution in [1.29, 1.82) is 0 Å². The van der Waals surface area contributed by atoms with E-state index in [1.54, 1.807) is 0 Å². The molecular weight excluding hydrogens is 671 g/mol. The van der Waals surface area contributed by atoms with Crippen molar-refractivity contribution >= 4 is 76.8 Å². The lowest BCUT2D eigenvalue weighted by Gasteiger charge is -2.17. The highest BCUT2D eigenvalue weighted by molar-refractivity contribution is 6.13. The Bertz CT molecular complexity index is 3400. The van der Waals surface area contributed by atoms with E-state index in [0.29, 0.717) is 11.4 Å². The highest BCUT2D eigenvalue weighted by Gasteiger charge is 2.20. The van der Waals surface area contributed by atoms with Crippen molar-refractivity contribution in [1.82, 2.24) is 13.7 Å². The summed E-state index contributed by atoms with van der Waals surface area (Å²) >= 11 is 0. The average molecular weight is 700 g/mol. The molecule has 5 heteroatoms. The number of hydrogen-bond acceptors (Lipinski definition) is 0. The normalized spacial score (nSPS) is 11.6. The number of para-hydroxylation sites is 5. The second kappa shape index (κ2) is 11.8. The monoisotopic (exact) mass is 699 g/mol. The van der Waals surface area contributed by atoms with Crippen molar-refractivity contribution in [3.8, 4) is 28.2 Å². The summed E-state index contributed by atoms with van der Waals surface area (Å²) in [6.45, 7) is 15.9. The largest absolute Gasteiger partial charge is 0.318 e. The fourth-order valence-corrected chi connectivity index (χ4v) is 8.73. The molecule has 3 heterocycles. The van der Waals surface area contributed by atoms with Crippen LogP contribution in [-0.2, 0) is 0 Å². The van der Waals surface area contributed by atoms with E-state index >= 15 is 0 Å². The molecule has 11 rings (SSSR count). The maximum Gasteiger partial charge on any atom is 0.211 e. The van der Waals surface area contributed by atoms with Gasteiger partial charge in [0.25, 0.3) is 0 Å². The fraction of sp³-hybridized carbons (Fsp3) is 0. The summed E-state index contributed by atoms with van der Waals surface area (Å²) in [4.78, 5) is 7.73. The van der Waals surface area contributed by atoms with Gasteiger partial charge in [0.05, 0.1) is 51.9 Å². The first-order chi connectivity index (χ1) is 27.2. The van der Waals surface area contributed by atoms with Gasteiger partial charge in [-0.2, -0.15) is 0 Å². The maximum atomic E-state index is 8.23. The number of nitrogens with zero attached hydrogens (tertiary/aromatic N) is 5. The lowest BCUT2D eigenvalue weighted by Crippen LogP contribution is -1.99. The van der Waals surface area contributed by atoms with Crippen LogP contribution in [0, 0.1) is 13.1 Å². The Kier molecular flexibility index (Phi) is 6.61. The van der Waals surface area contributed by atoms with Crippen LogP contribution in [0.15, 0.2) is 176 Å². The van der Waals surface area contributed by atoms with Crippen LogP contribution in [0.25, 0.3) is 103 Å². The zero-order valence-electron chi connectivity index (χ0n) is 29.5. The molecule has 0 aliphatic heterocycles. The molecule has 55 heavy (non-hydrogen) atoms. The Hall–Kier alpha value is -7.86. The van der Waals surface area contributed by atoms with Gasteiger partial charge in [-0.3, -0.25) is 0 Å². The summed E-state index contributed by atoms with van der Waals surface area (Å²) in [7, 11) is 0. The molecule has 254 valence electrons. The summed E-state index contributed by atoms with van der Waals surface area (Å²) < 4.78 is 6.93. The van der Waals surface area contributed by atoms with Gasteiger partial charge in [-0.15, -0.1) is 0 Å². The molecule has 5 nitrogen and oxygen atoms in total. The van der Waals surface area contributed by atoms with Crippen LogP contribution in [-0.4, -0.2) is 13.7 Å². The van der Waals surface area contributed by atoms with Gasteiger partial charge in [0.1, 0.15) is 0 Å². The van der Waals surface area contributed by atoms with Gasteiger partial charge in [-0.1, -0.05) is 115 Å². The number of benzene rings is 8. The van der Waals surface area contributed by atoms with Gasteiger partial charge in [0.2, 0.25) is 5.69 Å². The average Bonchev–Trinajstić information content (AvgIpc) is 3.88. The van der Waals surface area contributed by atoms with E-state index in [4.69, 9.17) is 13.1 Å². The number of fused-ring (bicyclic) bond motifs is 9. The third kappa shape index (κ3) is 4.45. The summed E-state index contributed by atoms with van der Waals surface area (Å²) in [6.07, 6.45) is 0. The van der Waals surface area contributed by atoms with Crippen LogP contribution in [0.1, 0.15) is 0 Å². The van der Waals surface area contributed by atoms with Crippen molar-refractivity contribution in [2.75, 3.05) is 0 Å². The Balaban J connectivity index is 1.11. The molecule has 0 unspecified atom stereocenters. The van der Waals surface area contributed by atoms with E-state index in [-0.39, 0.29) is 0 Å². The predicted molar refractivity (Wildman–Crippen MR) is 227 cm³/mol. The Labute approximate surface area is 316 Å². The van der Waals surface area contributed by atoms with Gasteiger partial charge in [-0.25, -0.2) is 9.69 Å². The molecule has 8 aromatic carbocycles. The van der Waals surface area contributed by atoms with Crippen LogP contribution in [0.3, 0.4) is 0 Å². The highest BCUT2D eigenvalue weighted by Crippen LogP contribution is 2.42. The zero-order valence-corrected chi connectivity index (χ0v) is 29.5. The molecule has 0 fully saturated rings. The maximum absolute atomic E-state index is 8.23. The topological polar surface area (TPSA) is 23.5 Å². The van der Waals surface area contributed by atoms with E-state index in [9.17, 15) is 0 Å². The fourth-order valence-electron chi connectivity index (χ4n) is 8.73. The first-order valence-corrected chi connectivity index (χ1v) is 18.3. The van der Waals surface area contributed by atoms with E-state index in [1.807, 2.05) is 42.5 Å². The molecule has 0 aliphatic rings. The molecule has 3 aromatic heterocycles. The van der Waals surface area contributed by atoms with E-state index in [2.05, 4.69) is 157 Å². The van der Waals surface area contributed by atoms with Crippen LogP contribution in [0.2, 0.25) is 0 Å². The molecule has 0 atom stereocenters. The summed E-state index contributed by atoms with van der Waals surface area (Å²) in [5, 5.41) is 6.93. The summed E-state index contributed by atoms with van der Waals surface area (Å²) in [5.74, 6) is 0. The lowest BCUT2D eigenvalue weighted by molar-refractivity contribution is 1.15. The molecule has 0 N–H and O–H groups in total. The molecule has 0 bridgehead atoms. The quantitative estimate of drug-likeness (QED) is 0.163. The molecule has 0 radical (unpaired) electrons. The van der Waals surface area contributed by atoms with Gasteiger partial charge >= 0.3 is 0 Å². The predicted octanol–water partition coefficient (Wildman–Crippen LogP) is 13.7. The second-order valence-electron chi connectivity index (χ2n) is 13.9. The third-order valence-corrected chi connectivity index (χ3v) is 11.1. The molecule has 0 amide bonds. The molecule has 0 aliphatic carbocycles. The first-order valence-electron chi connectivity index (χ1n) is 18.3. The smallest absolute Gasteiger partial charge is 0.211 e. The van der Waals surface area contributed by atoms with Crippen LogP contribution < -0.4 is 0 Å². The Morgan fingerprint density at radius 1 is 0.345 bits per heavy atom. The molecule has 0 saturated carbocycles. The summed E-state index contributed by atoms with van der Waals surface area (Å²) in [5.41, 5.74) is 12.7. The van der Waals surface area contributed by atoms with Crippen molar-refractivity contribution in [3.05, 3.63) is 199 Å². The second-order valence-corrected chi connectivity index (χ2v) is 13.9. The van der Waals surface area contributed by atoms with Gasteiger partial charge in [0, 0.05) is 38.3 Å². The Morgan fingerprint density at radius 2 is 0.855 bits per heavy atom. The number of rotatable bonds is 4. The first kappa shape index (κ1) is 30.7. The Morgan fingerprint density at radius 3 is 1.45 bits per heavy atom. The summed E-state index contributed by atoms with van der Waals surface area (Å²) in [6, 6.07) is 61.4. The van der Waals surface area contributed by atoms with Crippen molar-refractivity contribution in [3.63, 3.8) is 0 Å². The van der Waals surface area contributed by atoms with Crippen LogP contribution in [0.5, 0.6) is 0 Å². The van der Waals surface area contributed by atoms with E-state index in [0.717, 1.165) is 61.0 Å². The van der Waals surface area contributed by atoms with E-state index < -0.39 is 0 Å². The SMILES string of the molecule is [C-]#[N+]c1ccc2c(c1)c1ccccc1n2-c1c([N+]#[C-])cccc1-c1ccc(-n2c3ccccc3c3ccc(-n4c5ccccc5c5ccccc54)cc32)cc1. The standard InChI is InChI=1S/C50H29N5/c1-51-33-24-29-48-42(30-33)40-15-6-10-21-47(40)55(48)50-36(16-11-17-43(50)52-2)32-22-25-34(26-23-32)53-44-18-7-5-14-39(44)41-28-27-35(31-49(41)53)54-45-19-8-3-12-37(45)38-13-4-9-20-46(38)54/h3-31H. The third-order valence-electron chi connectivity index (χ3n) is 11.1. The van der Waals surface area contributed by atoms with E-state index in [1.165, 1.54) is 32.6 Å². The minimum absolute atomic E-state index is 0.568. The van der Waals surface area contributed by atoms with Gasteiger partial charge in [-0.05, 0) is 77.2 Å². The molecule has 0 saturated heterocycles. The van der Waals surface area contributed by atoms with Crippen molar-refractivity contribution in [2.24, 2.45) is 0 Å². The minimum atomic E-state index is 0.568. The molecule has 11 aromatic rings. The van der Waals surface area contributed by atoms with Crippen LogP contribution >= 0.6 is 0 Å². The number of aromatic nitrogens is 3. The minimum Gasteiger partial charge on any atom is -0.318 e.